The van der Waals surface area contributed by atoms with Gasteiger partial charge in [-0.05, 0) is 0 Å². The molecule has 0 aliphatic carbocycles. The molecule has 0 spiro atoms. The first-order valence-corrected chi connectivity index (χ1v) is 3.47. The molecule has 1 amide bonds. The summed E-state index contributed by atoms with van der Waals surface area (Å²) >= 11 is 0. The molecule has 4 N–H and O–H groups in total. The van der Waals surface area contributed by atoms with E-state index in [1.807, 2.05) is 4.98 Å². The molecule has 0 radical (unpaired) electrons. The number of primary amides is 1. The number of nitrogens with one attached hydrogen (secondary N) is 1. The Morgan fingerprint density at radius 3 is 2.57 bits per heavy atom. The summed E-state index contributed by atoms with van der Waals surface area (Å²) in [6.07, 6.45) is -2.40. The molecule has 1 aromatic rings. The van der Waals surface area contributed by atoms with Crippen molar-refractivity contribution in [2.45, 2.75) is 6.43 Å². The van der Waals surface area contributed by atoms with Crippen molar-refractivity contribution >= 4 is 5.91 Å². The number of amides is 1. The summed E-state index contributed by atoms with van der Waals surface area (Å²) in [6, 6.07) is 0. The van der Waals surface area contributed by atoms with Crippen molar-refractivity contribution in [2.24, 2.45) is 5.73 Å². The Labute approximate surface area is 76.2 Å². The number of carbonyl (C=O) groups excluding carboxylic acids is 1. The third kappa shape index (κ3) is 1.56. The number of rotatable bonds is 2. The minimum absolute atomic E-state index is 0.600. The Morgan fingerprint density at radius 2 is 2.14 bits per heavy atom. The topological polar surface area (TPSA) is 96.2 Å². The van der Waals surface area contributed by atoms with Crippen molar-refractivity contribution in [3.05, 3.63) is 27.7 Å². The van der Waals surface area contributed by atoms with Crippen LogP contribution in [0.1, 0.15) is 22.3 Å². The highest BCUT2D eigenvalue weighted by atomic mass is 19.3. The molecule has 0 saturated carbocycles. The molecule has 0 atom stereocenters. The number of aromatic nitrogens is 1. The number of halogens is 2. The molecule has 0 bridgehead atoms. The quantitative estimate of drug-likeness (QED) is 0.638. The molecule has 7 heteroatoms. The summed E-state index contributed by atoms with van der Waals surface area (Å²) in [5.74, 6) is -2.33. The molecule has 0 aromatic carbocycles. The first-order chi connectivity index (χ1) is 6.45. The van der Waals surface area contributed by atoms with Crippen LogP contribution in [0, 0.1) is 0 Å². The second-order valence-electron chi connectivity index (χ2n) is 2.46. The van der Waals surface area contributed by atoms with Gasteiger partial charge in [0.1, 0.15) is 0 Å². The van der Waals surface area contributed by atoms with Crippen molar-refractivity contribution in [2.75, 3.05) is 0 Å². The Bertz CT molecular complexity index is 427. The third-order valence-electron chi connectivity index (χ3n) is 1.59. The molecule has 0 aliphatic rings. The number of aromatic hydroxyl groups is 1. The van der Waals surface area contributed by atoms with Crippen LogP contribution in [0.25, 0.3) is 0 Å². The van der Waals surface area contributed by atoms with E-state index in [2.05, 4.69) is 0 Å². The molecule has 1 heterocycles. The van der Waals surface area contributed by atoms with E-state index in [0.29, 0.717) is 0 Å². The maximum absolute atomic E-state index is 12.3. The number of nitrogens with two attached hydrogens (primary N) is 1. The van der Waals surface area contributed by atoms with Gasteiger partial charge in [0.2, 0.25) is 0 Å². The number of alkyl halides is 2. The smallest absolute Gasteiger partial charge is 0.290 e. The molecule has 1 rings (SSSR count). The standard InChI is InChI=1S/C7H6F2N2O3/c8-5(9)3-2(6(10)13)1-11-7(14)4(3)12/h1,5,12H,(H2,10,13)(H,11,14). The summed E-state index contributed by atoms with van der Waals surface area (Å²) in [6.45, 7) is 0. The SMILES string of the molecule is NC(=O)c1c[nH]c(=O)c(O)c1C(F)F. The molecule has 1 aromatic heterocycles. The number of hydrogen-bond donors (Lipinski definition) is 3. The molecule has 14 heavy (non-hydrogen) atoms. The van der Waals surface area contributed by atoms with Crippen LogP contribution in [-0.4, -0.2) is 16.0 Å². The first-order valence-electron chi connectivity index (χ1n) is 3.47. The second-order valence-corrected chi connectivity index (χ2v) is 2.46. The fraction of sp³-hybridized carbons (Fsp3) is 0.143. The first kappa shape index (κ1) is 10.2. The van der Waals surface area contributed by atoms with Gasteiger partial charge in [0, 0.05) is 6.20 Å². The zero-order valence-corrected chi connectivity index (χ0v) is 6.75. The van der Waals surface area contributed by atoms with E-state index in [4.69, 9.17) is 10.8 Å². The van der Waals surface area contributed by atoms with E-state index in [9.17, 15) is 18.4 Å². The minimum Gasteiger partial charge on any atom is -0.503 e. The second kappa shape index (κ2) is 3.44. The zero-order chi connectivity index (χ0) is 10.9. The maximum Gasteiger partial charge on any atom is 0.290 e. The molecule has 0 fully saturated rings. The van der Waals surface area contributed by atoms with E-state index < -0.39 is 34.8 Å². The lowest BCUT2D eigenvalue weighted by atomic mass is 10.1. The summed E-state index contributed by atoms with van der Waals surface area (Å²) < 4.78 is 24.6. The maximum atomic E-state index is 12.3. The van der Waals surface area contributed by atoms with Crippen molar-refractivity contribution in [1.82, 2.24) is 4.98 Å². The van der Waals surface area contributed by atoms with Gasteiger partial charge in [-0.1, -0.05) is 0 Å². The van der Waals surface area contributed by atoms with Crippen LogP contribution in [0.15, 0.2) is 11.0 Å². The highest BCUT2D eigenvalue weighted by molar-refractivity contribution is 5.94. The van der Waals surface area contributed by atoms with Crippen LogP contribution < -0.4 is 11.3 Å². The third-order valence-corrected chi connectivity index (χ3v) is 1.59. The van der Waals surface area contributed by atoms with Crippen molar-refractivity contribution in [3.8, 4) is 5.75 Å². The lowest BCUT2D eigenvalue weighted by Crippen LogP contribution is -2.18. The van der Waals surface area contributed by atoms with Gasteiger partial charge in [-0.3, -0.25) is 9.59 Å². The van der Waals surface area contributed by atoms with E-state index in [-0.39, 0.29) is 0 Å². The van der Waals surface area contributed by atoms with Crippen LogP contribution in [0.2, 0.25) is 0 Å². The number of H-pyrrole nitrogens is 1. The van der Waals surface area contributed by atoms with Gasteiger partial charge in [0.15, 0.2) is 5.75 Å². The van der Waals surface area contributed by atoms with E-state index in [0.717, 1.165) is 6.20 Å². The fourth-order valence-corrected chi connectivity index (χ4v) is 0.958. The number of aromatic amines is 1. The fourth-order valence-electron chi connectivity index (χ4n) is 0.958. The molecular weight excluding hydrogens is 198 g/mol. The van der Waals surface area contributed by atoms with Gasteiger partial charge < -0.3 is 15.8 Å². The number of hydrogen-bond acceptors (Lipinski definition) is 3. The molecule has 5 nitrogen and oxygen atoms in total. The van der Waals surface area contributed by atoms with Gasteiger partial charge in [0.05, 0.1) is 11.1 Å². The van der Waals surface area contributed by atoms with Crippen LogP contribution in [0.4, 0.5) is 8.78 Å². The van der Waals surface area contributed by atoms with Gasteiger partial charge in [-0.15, -0.1) is 0 Å². The average Bonchev–Trinajstić information content (AvgIpc) is 2.08. The minimum atomic E-state index is -3.14. The average molecular weight is 204 g/mol. The van der Waals surface area contributed by atoms with E-state index >= 15 is 0 Å². The van der Waals surface area contributed by atoms with Crippen molar-refractivity contribution < 1.29 is 18.7 Å². The number of carbonyl (C=O) groups is 1. The predicted octanol–water partition coefficient (Wildman–Crippen LogP) is 0.117. The van der Waals surface area contributed by atoms with E-state index in [1.54, 1.807) is 0 Å². The Morgan fingerprint density at radius 1 is 1.57 bits per heavy atom. The van der Waals surface area contributed by atoms with Crippen molar-refractivity contribution in [1.29, 1.82) is 0 Å². The van der Waals surface area contributed by atoms with E-state index in [1.165, 1.54) is 0 Å². The van der Waals surface area contributed by atoms with Crippen LogP contribution in [0.5, 0.6) is 5.75 Å². The monoisotopic (exact) mass is 204 g/mol. The molecule has 0 saturated heterocycles. The lowest BCUT2D eigenvalue weighted by molar-refractivity contribution is 0.0983. The van der Waals surface area contributed by atoms with Gasteiger partial charge in [-0.25, -0.2) is 8.78 Å². The Kier molecular flexibility index (Phi) is 2.50. The van der Waals surface area contributed by atoms with Gasteiger partial charge in [0.25, 0.3) is 17.9 Å². The largest absolute Gasteiger partial charge is 0.503 e. The van der Waals surface area contributed by atoms with Gasteiger partial charge in [-0.2, -0.15) is 0 Å². The molecule has 76 valence electrons. The van der Waals surface area contributed by atoms with Gasteiger partial charge >= 0.3 is 0 Å². The van der Waals surface area contributed by atoms with Crippen LogP contribution >= 0.6 is 0 Å². The summed E-state index contributed by atoms with van der Waals surface area (Å²) in [5.41, 5.74) is 2.03. The molecular formula is C7H6F2N2O3. The Balaban J connectivity index is 3.53. The normalized spacial score (nSPS) is 10.5. The Hall–Kier alpha value is -1.92. The van der Waals surface area contributed by atoms with Crippen LogP contribution in [-0.2, 0) is 0 Å². The highest BCUT2D eigenvalue weighted by Gasteiger charge is 2.23. The van der Waals surface area contributed by atoms with Crippen LogP contribution in [0.3, 0.4) is 0 Å². The lowest BCUT2D eigenvalue weighted by Gasteiger charge is -2.06. The molecule has 0 aliphatic heterocycles. The number of pyridine rings is 1. The van der Waals surface area contributed by atoms with Crippen molar-refractivity contribution in [3.63, 3.8) is 0 Å². The zero-order valence-electron chi connectivity index (χ0n) is 6.75. The summed E-state index contributed by atoms with van der Waals surface area (Å²) in [4.78, 5) is 23.3. The highest BCUT2D eigenvalue weighted by Crippen LogP contribution is 2.27. The summed E-state index contributed by atoms with van der Waals surface area (Å²) in [7, 11) is 0. The predicted molar refractivity (Wildman–Crippen MR) is 42.2 cm³/mol. The summed E-state index contributed by atoms with van der Waals surface area (Å²) in [5, 5.41) is 8.97. The molecule has 0 unspecified atom stereocenters.